The van der Waals surface area contributed by atoms with Crippen molar-refractivity contribution in [1.29, 1.82) is 10.8 Å². The van der Waals surface area contributed by atoms with Crippen LogP contribution >= 0.6 is 11.8 Å². The van der Waals surface area contributed by atoms with Gasteiger partial charge in [0.1, 0.15) is 16.5 Å². The van der Waals surface area contributed by atoms with Gasteiger partial charge in [-0.3, -0.25) is 20.4 Å². The van der Waals surface area contributed by atoms with Gasteiger partial charge in [-0.25, -0.2) is 0 Å². The molecule has 0 spiro atoms. The monoisotopic (exact) mass is 618 g/mol. The summed E-state index contributed by atoms with van der Waals surface area (Å²) in [6, 6.07) is 13.6. The Morgan fingerprint density at radius 3 is 2.30 bits per heavy atom. The van der Waals surface area contributed by atoms with E-state index in [-0.39, 0.29) is 23.8 Å². The van der Waals surface area contributed by atoms with E-state index in [9.17, 15) is 9.59 Å². The van der Waals surface area contributed by atoms with Crippen LogP contribution < -0.4 is 10.1 Å². The van der Waals surface area contributed by atoms with Gasteiger partial charge in [-0.05, 0) is 88.6 Å². The molecule has 2 aromatic rings. The summed E-state index contributed by atoms with van der Waals surface area (Å²) < 4.78 is 6.33. The molecular formula is C34H46N6O3S. The Hall–Kier alpha value is -3.21. The predicted octanol–water partition coefficient (Wildman–Crippen LogP) is 5.58. The van der Waals surface area contributed by atoms with Crippen LogP contribution in [0.2, 0.25) is 0 Å². The lowest BCUT2D eigenvalue weighted by molar-refractivity contribution is -0.128. The number of likely N-dealkylation sites (tertiary alicyclic amines) is 3. The van der Waals surface area contributed by atoms with Crippen LogP contribution in [0.5, 0.6) is 11.5 Å². The minimum atomic E-state index is -0.107. The zero-order valence-electron chi connectivity index (χ0n) is 26.2. The minimum Gasteiger partial charge on any atom is -0.457 e. The number of carbonyl (C=O) groups excluding carboxylic acids is 2. The van der Waals surface area contributed by atoms with Crippen molar-refractivity contribution in [3.8, 4) is 11.5 Å². The summed E-state index contributed by atoms with van der Waals surface area (Å²) in [6.45, 7) is 9.39. The average molecular weight is 619 g/mol. The van der Waals surface area contributed by atoms with Crippen LogP contribution in [-0.4, -0.2) is 88.5 Å². The molecule has 0 bridgehead atoms. The van der Waals surface area contributed by atoms with Crippen molar-refractivity contribution in [1.82, 2.24) is 20.0 Å². The summed E-state index contributed by atoms with van der Waals surface area (Å²) in [5.74, 6) is 1.23. The van der Waals surface area contributed by atoms with E-state index >= 15 is 0 Å². The highest BCUT2D eigenvalue weighted by atomic mass is 32.2. The third-order valence-corrected chi connectivity index (χ3v) is 10.1. The summed E-state index contributed by atoms with van der Waals surface area (Å²) in [7, 11) is 2.19. The van der Waals surface area contributed by atoms with Crippen molar-refractivity contribution in [3.63, 3.8) is 0 Å². The maximum Gasteiger partial charge on any atom is 0.251 e. The summed E-state index contributed by atoms with van der Waals surface area (Å²) in [6.07, 6.45) is 5.76. The summed E-state index contributed by atoms with van der Waals surface area (Å²) in [4.78, 5) is 32.6. The fourth-order valence-electron chi connectivity index (χ4n) is 6.12. The Morgan fingerprint density at radius 1 is 0.977 bits per heavy atom. The molecule has 44 heavy (non-hydrogen) atoms. The van der Waals surface area contributed by atoms with Gasteiger partial charge in [-0.1, -0.05) is 31.7 Å². The molecule has 2 amide bonds. The van der Waals surface area contributed by atoms with Crippen molar-refractivity contribution in [2.45, 2.75) is 71.0 Å². The van der Waals surface area contributed by atoms with Crippen molar-refractivity contribution in [2.75, 3.05) is 39.8 Å². The molecule has 10 heteroatoms. The first-order valence-electron chi connectivity index (χ1n) is 15.9. The summed E-state index contributed by atoms with van der Waals surface area (Å²) >= 11 is 1.16. The van der Waals surface area contributed by atoms with Crippen LogP contribution in [0.15, 0.2) is 42.5 Å². The average Bonchev–Trinajstić information content (AvgIpc) is 3.42. The molecule has 3 heterocycles. The molecule has 3 fully saturated rings. The number of rotatable bonds is 9. The molecule has 3 aliphatic heterocycles. The standard InChI is InChI=1S/C34H46N6O3S/c1-23(2)32(35)44-33(36)24-8-10-29(11-9-24)43-30-21-25(6-7-26(30)22-40-16-4-5-31(40)41)34(42)37-27-12-19-39(20-13-27)28-14-17-38(3)18-15-28/h6-11,21,23,27-28,35-36H,4-5,12-20,22H2,1-3H3,(H,37,42). The number of thioether (sulfide) groups is 1. The molecule has 236 valence electrons. The van der Waals surface area contributed by atoms with Gasteiger partial charge in [0.15, 0.2) is 0 Å². The SMILES string of the molecule is CC(C)C(=N)SC(=N)c1ccc(Oc2cc(C(=O)NC3CCN(C4CCN(C)CC4)CC3)ccc2CN2CCCC2=O)cc1. The Kier molecular flexibility index (Phi) is 10.8. The summed E-state index contributed by atoms with van der Waals surface area (Å²) in [5, 5.41) is 20.5. The lowest BCUT2D eigenvalue weighted by Gasteiger charge is -2.41. The second-order valence-corrected chi connectivity index (χ2v) is 13.7. The highest BCUT2D eigenvalue weighted by Gasteiger charge is 2.28. The molecule has 0 radical (unpaired) electrons. The zero-order chi connectivity index (χ0) is 31.2. The first-order valence-corrected chi connectivity index (χ1v) is 16.7. The van der Waals surface area contributed by atoms with E-state index in [4.69, 9.17) is 15.6 Å². The van der Waals surface area contributed by atoms with Gasteiger partial charge in [0.2, 0.25) is 5.91 Å². The first kappa shape index (κ1) is 32.2. The Bertz CT molecular complexity index is 1350. The van der Waals surface area contributed by atoms with Crippen LogP contribution in [0, 0.1) is 16.7 Å². The van der Waals surface area contributed by atoms with Crippen LogP contribution in [0.4, 0.5) is 0 Å². The lowest BCUT2D eigenvalue weighted by atomic mass is 9.98. The van der Waals surface area contributed by atoms with Gasteiger partial charge in [0.25, 0.3) is 5.91 Å². The number of piperidine rings is 2. The van der Waals surface area contributed by atoms with Gasteiger partial charge in [0, 0.05) is 67.3 Å². The quantitative estimate of drug-likeness (QED) is 0.250. The van der Waals surface area contributed by atoms with Crippen molar-refractivity contribution < 1.29 is 14.3 Å². The number of nitrogens with zero attached hydrogens (tertiary/aromatic N) is 3. The number of hydrogen-bond acceptors (Lipinski definition) is 8. The number of benzene rings is 2. The molecule has 5 rings (SSSR count). The van der Waals surface area contributed by atoms with Gasteiger partial charge >= 0.3 is 0 Å². The largest absolute Gasteiger partial charge is 0.457 e. The third kappa shape index (κ3) is 8.28. The highest BCUT2D eigenvalue weighted by molar-refractivity contribution is 8.26. The molecule has 0 aliphatic carbocycles. The normalized spacial score (nSPS) is 19.0. The fourth-order valence-corrected chi connectivity index (χ4v) is 6.83. The summed E-state index contributed by atoms with van der Waals surface area (Å²) in [5.41, 5.74) is 2.10. The molecule has 0 aromatic heterocycles. The Labute approximate surface area is 265 Å². The van der Waals surface area contributed by atoms with Crippen LogP contribution in [0.3, 0.4) is 0 Å². The van der Waals surface area contributed by atoms with E-state index in [0.717, 1.165) is 69.3 Å². The number of ether oxygens (including phenoxy) is 1. The predicted molar refractivity (Wildman–Crippen MR) is 177 cm³/mol. The smallest absolute Gasteiger partial charge is 0.251 e. The Morgan fingerprint density at radius 2 is 1.66 bits per heavy atom. The molecule has 3 saturated heterocycles. The molecular weight excluding hydrogens is 572 g/mol. The van der Waals surface area contributed by atoms with Crippen molar-refractivity contribution in [3.05, 3.63) is 59.2 Å². The second-order valence-electron chi connectivity index (χ2n) is 12.6. The van der Waals surface area contributed by atoms with E-state index in [2.05, 4.69) is 22.2 Å². The first-order chi connectivity index (χ1) is 21.2. The number of hydrogen-bond donors (Lipinski definition) is 3. The second kappa shape index (κ2) is 14.7. The van der Waals surface area contributed by atoms with Gasteiger partial charge in [-0.15, -0.1) is 0 Å². The van der Waals surface area contributed by atoms with E-state index in [1.165, 1.54) is 12.8 Å². The molecule has 0 unspecified atom stereocenters. The Balaban J connectivity index is 1.25. The maximum absolute atomic E-state index is 13.4. The number of nitrogens with one attached hydrogen (secondary N) is 3. The van der Waals surface area contributed by atoms with E-state index in [0.29, 0.717) is 51.7 Å². The number of carbonyl (C=O) groups is 2. The molecule has 9 nitrogen and oxygen atoms in total. The van der Waals surface area contributed by atoms with Crippen molar-refractivity contribution in [2.24, 2.45) is 5.92 Å². The van der Waals surface area contributed by atoms with Crippen molar-refractivity contribution >= 4 is 33.7 Å². The topological polar surface area (TPSA) is 113 Å². The maximum atomic E-state index is 13.4. The zero-order valence-corrected chi connectivity index (χ0v) is 27.0. The van der Waals surface area contributed by atoms with Gasteiger partial charge in [-0.2, -0.15) is 0 Å². The number of amides is 2. The van der Waals surface area contributed by atoms with Gasteiger partial charge < -0.3 is 24.8 Å². The lowest BCUT2D eigenvalue weighted by Crippen LogP contribution is -2.50. The van der Waals surface area contributed by atoms with Crippen LogP contribution in [0.1, 0.15) is 73.9 Å². The molecule has 0 saturated carbocycles. The van der Waals surface area contributed by atoms with E-state index in [1.54, 1.807) is 18.2 Å². The van der Waals surface area contributed by atoms with E-state index < -0.39 is 0 Å². The molecule has 3 aliphatic rings. The van der Waals surface area contributed by atoms with Crippen LogP contribution in [-0.2, 0) is 11.3 Å². The van der Waals surface area contributed by atoms with Gasteiger partial charge in [0.05, 0.1) is 5.04 Å². The highest BCUT2D eigenvalue weighted by Crippen LogP contribution is 2.30. The molecule has 2 aromatic carbocycles. The van der Waals surface area contributed by atoms with Crippen LogP contribution in [0.25, 0.3) is 0 Å². The van der Waals surface area contributed by atoms with E-state index in [1.807, 2.05) is 43.0 Å². The third-order valence-electron chi connectivity index (χ3n) is 9.01. The molecule has 3 N–H and O–H groups in total. The fraction of sp³-hybridized carbons (Fsp3) is 0.529. The minimum absolute atomic E-state index is 0.0743. The molecule has 0 atom stereocenters.